The number of carbonyl (C=O) groups excluding carboxylic acids is 2. The molecule has 0 spiro atoms. The molecule has 154 valence electrons. The summed E-state index contributed by atoms with van der Waals surface area (Å²) in [7, 11) is 0. The minimum Gasteiger partial charge on any atom is -0.442 e. The Kier molecular flexibility index (Phi) is 7.01. The molecule has 0 N–H and O–H groups in total. The lowest BCUT2D eigenvalue weighted by Gasteiger charge is -2.29. The lowest BCUT2D eigenvalue weighted by Crippen LogP contribution is -2.36. The first-order valence-corrected chi connectivity index (χ1v) is 10.4. The van der Waals surface area contributed by atoms with Crippen molar-refractivity contribution in [2.45, 2.75) is 26.4 Å². The molecule has 1 atom stereocenters. The van der Waals surface area contributed by atoms with Crippen LogP contribution in [0.2, 0.25) is 0 Å². The van der Waals surface area contributed by atoms with Gasteiger partial charge in [0.05, 0.1) is 37.7 Å². The molecule has 28 heavy (non-hydrogen) atoms. The standard InChI is InChI=1S/C19H26FN3O4S/c1-3-10-28-23(14(2)24)13-16-12-22(19(25)27-16)15-4-5-18(17(20)11-15)21-6-8-26-9-7-21/h4-5,11,16H,3,6-10,12-13H2,1-2H3. The minimum absolute atomic E-state index is 0.0751. The van der Waals surface area contributed by atoms with Crippen LogP contribution in [-0.4, -0.2) is 67.6 Å². The summed E-state index contributed by atoms with van der Waals surface area (Å²) in [4.78, 5) is 27.4. The Labute approximate surface area is 168 Å². The van der Waals surface area contributed by atoms with Gasteiger partial charge in [0.25, 0.3) is 0 Å². The van der Waals surface area contributed by atoms with Crippen LogP contribution in [0.15, 0.2) is 18.2 Å². The summed E-state index contributed by atoms with van der Waals surface area (Å²) in [6.07, 6.45) is -0.0185. The van der Waals surface area contributed by atoms with Crippen molar-refractivity contribution in [2.24, 2.45) is 0 Å². The summed E-state index contributed by atoms with van der Waals surface area (Å²) in [5.74, 6) is 0.367. The molecule has 7 nitrogen and oxygen atoms in total. The molecule has 0 saturated carbocycles. The van der Waals surface area contributed by atoms with Crippen LogP contribution in [0, 0.1) is 5.82 Å². The number of benzene rings is 1. The molecule has 2 aliphatic rings. The number of anilines is 2. The van der Waals surface area contributed by atoms with E-state index in [2.05, 4.69) is 0 Å². The fourth-order valence-electron chi connectivity index (χ4n) is 3.21. The quantitative estimate of drug-likeness (QED) is 0.643. The first-order chi connectivity index (χ1) is 13.5. The Bertz CT molecular complexity index is 714. The van der Waals surface area contributed by atoms with Gasteiger partial charge in [-0.3, -0.25) is 14.0 Å². The van der Waals surface area contributed by atoms with E-state index in [1.165, 1.54) is 29.8 Å². The van der Waals surface area contributed by atoms with Crippen molar-refractivity contribution in [2.75, 3.05) is 54.9 Å². The van der Waals surface area contributed by atoms with E-state index in [0.717, 1.165) is 12.2 Å². The lowest BCUT2D eigenvalue weighted by molar-refractivity contribution is -0.124. The van der Waals surface area contributed by atoms with E-state index >= 15 is 0 Å². The maximum absolute atomic E-state index is 14.7. The number of amides is 2. The topological polar surface area (TPSA) is 62.3 Å². The smallest absolute Gasteiger partial charge is 0.414 e. The number of nitrogens with zero attached hydrogens (tertiary/aromatic N) is 3. The molecular formula is C19H26FN3O4S. The third-order valence-electron chi connectivity index (χ3n) is 4.64. The van der Waals surface area contributed by atoms with Crippen LogP contribution >= 0.6 is 11.9 Å². The molecule has 3 rings (SSSR count). The zero-order chi connectivity index (χ0) is 20.1. The highest BCUT2D eigenvalue weighted by Crippen LogP contribution is 2.29. The maximum Gasteiger partial charge on any atom is 0.414 e. The molecule has 2 aliphatic heterocycles. The molecule has 2 saturated heterocycles. The number of hydrogen-bond acceptors (Lipinski definition) is 6. The van der Waals surface area contributed by atoms with Crippen molar-refractivity contribution < 1.29 is 23.5 Å². The fraction of sp³-hybridized carbons (Fsp3) is 0.579. The van der Waals surface area contributed by atoms with E-state index in [1.807, 2.05) is 11.8 Å². The second-order valence-corrected chi connectivity index (χ2v) is 7.87. The van der Waals surface area contributed by atoms with Crippen molar-refractivity contribution in [3.05, 3.63) is 24.0 Å². The second kappa shape index (κ2) is 9.47. The number of ether oxygens (including phenoxy) is 2. The van der Waals surface area contributed by atoms with Gasteiger partial charge in [0.15, 0.2) is 0 Å². The van der Waals surface area contributed by atoms with E-state index in [-0.39, 0.29) is 18.3 Å². The van der Waals surface area contributed by atoms with Gasteiger partial charge < -0.3 is 14.4 Å². The predicted molar refractivity (Wildman–Crippen MR) is 107 cm³/mol. The highest BCUT2D eigenvalue weighted by Gasteiger charge is 2.34. The van der Waals surface area contributed by atoms with Crippen LogP contribution in [0.1, 0.15) is 20.3 Å². The number of carbonyl (C=O) groups is 2. The Morgan fingerprint density at radius 3 is 2.75 bits per heavy atom. The Balaban J connectivity index is 1.66. The summed E-state index contributed by atoms with van der Waals surface area (Å²) in [6, 6.07) is 4.78. The molecule has 0 aromatic heterocycles. The zero-order valence-corrected chi connectivity index (χ0v) is 17.0. The van der Waals surface area contributed by atoms with Gasteiger partial charge in [-0.25, -0.2) is 9.18 Å². The lowest BCUT2D eigenvalue weighted by atomic mass is 10.2. The fourth-order valence-corrected chi connectivity index (χ4v) is 4.07. The highest BCUT2D eigenvalue weighted by molar-refractivity contribution is 7.97. The molecule has 9 heteroatoms. The summed E-state index contributed by atoms with van der Waals surface area (Å²) >= 11 is 1.43. The molecule has 2 amide bonds. The van der Waals surface area contributed by atoms with Crippen molar-refractivity contribution >= 4 is 35.3 Å². The van der Waals surface area contributed by atoms with Crippen LogP contribution in [0.4, 0.5) is 20.6 Å². The van der Waals surface area contributed by atoms with Gasteiger partial charge in [0.1, 0.15) is 11.9 Å². The number of halogens is 1. The average Bonchev–Trinajstić information content (AvgIpc) is 3.05. The summed E-state index contributed by atoms with van der Waals surface area (Å²) in [6.45, 7) is 6.56. The number of morpholine rings is 1. The molecule has 0 aliphatic carbocycles. The largest absolute Gasteiger partial charge is 0.442 e. The Morgan fingerprint density at radius 2 is 2.11 bits per heavy atom. The Hall–Kier alpha value is -2.00. The summed E-state index contributed by atoms with van der Waals surface area (Å²) < 4.78 is 27.0. The third kappa shape index (κ3) is 4.88. The number of cyclic esters (lactones) is 1. The van der Waals surface area contributed by atoms with Gasteiger partial charge in [-0.15, -0.1) is 0 Å². The zero-order valence-electron chi connectivity index (χ0n) is 16.2. The van der Waals surface area contributed by atoms with Crippen LogP contribution < -0.4 is 9.80 Å². The van der Waals surface area contributed by atoms with Gasteiger partial charge in [0.2, 0.25) is 5.91 Å². The van der Waals surface area contributed by atoms with E-state index in [4.69, 9.17) is 9.47 Å². The average molecular weight is 411 g/mol. The third-order valence-corrected chi connectivity index (χ3v) is 5.95. The van der Waals surface area contributed by atoms with Crippen LogP contribution in [0.3, 0.4) is 0 Å². The predicted octanol–water partition coefficient (Wildman–Crippen LogP) is 2.89. The van der Waals surface area contributed by atoms with Crippen LogP contribution in [0.25, 0.3) is 0 Å². The van der Waals surface area contributed by atoms with Gasteiger partial charge in [-0.2, -0.15) is 0 Å². The van der Waals surface area contributed by atoms with Crippen molar-refractivity contribution in [3.63, 3.8) is 0 Å². The van der Waals surface area contributed by atoms with Gasteiger partial charge in [-0.1, -0.05) is 6.92 Å². The van der Waals surface area contributed by atoms with Crippen molar-refractivity contribution in [1.29, 1.82) is 0 Å². The molecule has 1 aromatic rings. The number of rotatable bonds is 7. The highest BCUT2D eigenvalue weighted by atomic mass is 32.2. The number of hydrogen-bond donors (Lipinski definition) is 0. The van der Waals surface area contributed by atoms with Crippen LogP contribution in [0.5, 0.6) is 0 Å². The molecule has 0 bridgehead atoms. The van der Waals surface area contributed by atoms with Gasteiger partial charge >= 0.3 is 6.09 Å². The second-order valence-electron chi connectivity index (χ2n) is 6.76. The molecule has 2 heterocycles. The van der Waals surface area contributed by atoms with Gasteiger partial charge in [-0.05, 0) is 36.6 Å². The monoisotopic (exact) mass is 411 g/mol. The van der Waals surface area contributed by atoms with E-state index in [0.29, 0.717) is 44.2 Å². The van der Waals surface area contributed by atoms with E-state index in [1.54, 1.807) is 16.4 Å². The first kappa shape index (κ1) is 20.7. The van der Waals surface area contributed by atoms with Crippen molar-refractivity contribution in [1.82, 2.24) is 4.31 Å². The summed E-state index contributed by atoms with van der Waals surface area (Å²) in [5.41, 5.74) is 0.965. The minimum atomic E-state index is -0.521. The molecule has 1 aromatic carbocycles. The molecule has 0 radical (unpaired) electrons. The van der Waals surface area contributed by atoms with Crippen molar-refractivity contribution in [3.8, 4) is 0 Å². The van der Waals surface area contributed by atoms with Gasteiger partial charge in [0, 0.05) is 25.8 Å². The van der Waals surface area contributed by atoms with E-state index in [9.17, 15) is 14.0 Å². The molecule has 1 unspecified atom stereocenters. The first-order valence-electron chi connectivity index (χ1n) is 9.51. The molecule has 2 fully saturated rings. The Morgan fingerprint density at radius 1 is 1.36 bits per heavy atom. The maximum atomic E-state index is 14.7. The summed E-state index contributed by atoms with van der Waals surface area (Å²) in [5, 5.41) is 0. The molecular weight excluding hydrogens is 385 g/mol. The van der Waals surface area contributed by atoms with Crippen LogP contribution in [-0.2, 0) is 14.3 Å². The normalized spacial score (nSPS) is 19.7. The SMILES string of the molecule is CCCSN(CC1CN(c2ccc(N3CCOCC3)c(F)c2)C(=O)O1)C(C)=O. The van der Waals surface area contributed by atoms with E-state index < -0.39 is 12.2 Å².